The zero-order valence-electron chi connectivity index (χ0n) is 21.6. The lowest BCUT2D eigenvalue weighted by molar-refractivity contribution is -0.132. The highest BCUT2D eigenvalue weighted by atomic mass is 32.1. The highest BCUT2D eigenvalue weighted by Gasteiger charge is 2.48. The zero-order valence-corrected chi connectivity index (χ0v) is 22.5. The lowest BCUT2D eigenvalue weighted by Gasteiger charge is -2.23. The first-order valence-electron chi connectivity index (χ1n) is 12.6. The summed E-state index contributed by atoms with van der Waals surface area (Å²) < 4.78 is 17.4. The first-order chi connectivity index (χ1) is 18.9. The maximum atomic E-state index is 13.6. The van der Waals surface area contributed by atoms with Gasteiger partial charge in [-0.3, -0.25) is 14.5 Å². The normalized spacial score (nSPS) is 18.3. The fourth-order valence-electron chi connectivity index (χ4n) is 4.88. The fourth-order valence-corrected chi connectivity index (χ4v) is 5.90. The number of aliphatic hydroxyl groups is 1. The first kappa shape index (κ1) is 24.9. The number of benzene rings is 3. The second-order valence-corrected chi connectivity index (χ2v) is 10.7. The van der Waals surface area contributed by atoms with Crippen LogP contribution in [0.15, 0.2) is 66.2 Å². The molecule has 1 N–H and O–H groups in total. The van der Waals surface area contributed by atoms with E-state index in [9.17, 15) is 14.7 Å². The van der Waals surface area contributed by atoms with Crippen molar-refractivity contribution in [2.24, 2.45) is 0 Å². The van der Waals surface area contributed by atoms with Crippen LogP contribution in [-0.2, 0) is 9.59 Å². The Morgan fingerprint density at radius 2 is 1.77 bits per heavy atom. The number of aliphatic hydroxyl groups excluding tert-OH is 1. The molecule has 0 aliphatic carbocycles. The molecule has 3 aromatic carbocycles. The molecule has 0 spiro atoms. The molecule has 1 fully saturated rings. The Morgan fingerprint density at radius 3 is 2.49 bits per heavy atom. The van der Waals surface area contributed by atoms with Crippen LogP contribution >= 0.6 is 11.3 Å². The van der Waals surface area contributed by atoms with Gasteiger partial charge in [-0.1, -0.05) is 49.4 Å². The number of anilines is 1. The van der Waals surface area contributed by atoms with E-state index in [1.165, 1.54) is 16.2 Å². The minimum atomic E-state index is -0.873. The van der Waals surface area contributed by atoms with E-state index < -0.39 is 17.7 Å². The van der Waals surface area contributed by atoms with Gasteiger partial charge in [0.25, 0.3) is 5.78 Å². The third-order valence-electron chi connectivity index (χ3n) is 6.97. The molecular formula is C30H26N2O6S. The van der Waals surface area contributed by atoms with E-state index in [0.717, 1.165) is 10.3 Å². The van der Waals surface area contributed by atoms with Crippen LogP contribution < -0.4 is 19.1 Å². The number of thiazole rings is 1. The van der Waals surface area contributed by atoms with Gasteiger partial charge in [-0.05, 0) is 53.4 Å². The van der Waals surface area contributed by atoms with Gasteiger partial charge in [0, 0.05) is 5.56 Å². The monoisotopic (exact) mass is 542 g/mol. The molecule has 1 atom stereocenters. The summed E-state index contributed by atoms with van der Waals surface area (Å²) in [5.41, 5.74) is 2.84. The molecule has 0 bridgehead atoms. The lowest BCUT2D eigenvalue weighted by atomic mass is 9.93. The van der Waals surface area contributed by atoms with E-state index >= 15 is 0 Å². The van der Waals surface area contributed by atoms with Gasteiger partial charge in [-0.25, -0.2) is 4.98 Å². The number of hydrogen-bond donors (Lipinski definition) is 1. The first-order valence-corrected chi connectivity index (χ1v) is 13.4. The molecule has 4 aromatic rings. The van der Waals surface area contributed by atoms with Gasteiger partial charge in [0.15, 0.2) is 16.6 Å². The minimum absolute atomic E-state index is 0.00851. The number of carbonyl (C=O) groups excluding carboxylic acids is 2. The van der Waals surface area contributed by atoms with Crippen LogP contribution in [0.25, 0.3) is 16.0 Å². The lowest BCUT2D eigenvalue weighted by Crippen LogP contribution is -2.29. The van der Waals surface area contributed by atoms with Crippen molar-refractivity contribution in [1.29, 1.82) is 0 Å². The van der Waals surface area contributed by atoms with Crippen molar-refractivity contribution >= 4 is 44.1 Å². The summed E-state index contributed by atoms with van der Waals surface area (Å²) in [4.78, 5) is 33.2. The van der Waals surface area contributed by atoms with Crippen LogP contribution in [0.3, 0.4) is 0 Å². The predicted octanol–water partition coefficient (Wildman–Crippen LogP) is 5.83. The van der Waals surface area contributed by atoms with E-state index in [2.05, 4.69) is 18.8 Å². The molecule has 0 saturated carbocycles. The van der Waals surface area contributed by atoms with E-state index in [1.807, 2.05) is 36.4 Å². The van der Waals surface area contributed by atoms with Crippen LogP contribution in [0.1, 0.15) is 42.5 Å². The zero-order chi connectivity index (χ0) is 27.3. The number of methoxy groups -OCH3 is 1. The highest BCUT2D eigenvalue weighted by molar-refractivity contribution is 7.22. The van der Waals surface area contributed by atoms with Crippen LogP contribution in [0.5, 0.6) is 17.2 Å². The Hall–Kier alpha value is -4.37. The van der Waals surface area contributed by atoms with Crippen molar-refractivity contribution < 1.29 is 28.9 Å². The molecule has 39 heavy (non-hydrogen) atoms. The van der Waals surface area contributed by atoms with Crippen molar-refractivity contribution in [3.05, 3.63) is 82.9 Å². The number of carbonyl (C=O) groups is 2. The van der Waals surface area contributed by atoms with E-state index in [1.54, 1.807) is 31.4 Å². The second-order valence-electron chi connectivity index (χ2n) is 9.68. The average Bonchev–Trinajstić information content (AvgIpc) is 3.49. The van der Waals surface area contributed by atoms with Gasteiger partial charge in [0.05, 0.1) is 28.9 Å². The van der Waals surface area contributed by atoms with Crippen molar-refractivity contribution in [3.63, 3.8) is 0 Å². The SMILES string of the molecule is COc1ccc2nc(N3C(=O)C(=O)/C(=C(/O)c4ccc5c(c4)OCCO5)C3c3ccc(C(C)C)cc3)sc2c1. The van der Waals surface area contributed by atoms with Gasteiger partial charge >= 0.3 is 5.91 Å². The number of nitrogens with zero attached hydrogens (tertiary/aromatic N) is 2. The molecule has 6 rings (SSSR count). The van der Waals surface area contributed by atoms with Crippen molar-refractivity contribution in [1.82, 2.24) is 4.98 Å². The number of Topliss-reactive ketones (excluding diaryl/α,β-unsaturated/α-hetero) is 1. The minimum Gasteiger partial charge on any atom is -0.507 e. The molecule has 2 aliphatic rings. The summed E-state index contributed by atoms with van der Waals surface area (Å²) >= 11 is 1.29. The Bertz CT molecular complexity index is 1640. The quantitative estimate of drug-likeness (QED) is 0.193. The Morgan fingerprint density at radius 1 is 1.03 bits per heavy atom. The van der Waals surface area contributed by atoms with Crippen LogP contribution in [0, 0.1) is 0 Å². The van der Waals surface area contributed by atoms with Crippen LogP contribution in [0.2, 0.25) is 0 Å². The Kier molecular flexibility index (Phi) is 6.23. The standard InChI is InChI=1S/C30H26N2O6S/c1-16(2)17-4-6-18(7-5-17)26-25(27(33)19-8-11-22-23(14-19)38-13-12-37-22)28(34)29(35)32(26)30-31-21-10-9-20(36-3)15-24(21)39-30/h4-11,14-16,26,33H,12-13H2,1-3H3/b27-25+. The molecule has 9 heteroatoms. The molecule has 1 unspecified atom stereocenters. The van der Waals surface area contributed by atoms with Crippen molar-refractivity contribution in [3.8, 4) is 17.2 Å². The maximum absolute atomic E-state index is 13.6. The van der Waals surface area contributed by atoms with Crippen LogP contribution in [-0.4, -0.2) is 42.1 Å². The predicted molar refractivity (Wildman–Crippen MR) is 149 cm³/mol. The fraction of sp³-hybridized carbons (Fsp3) is 0.233. The maximum Gasteiger partial charge on any atom is 0.301 e. The molecular weight excluding hydrogens is 516 g/mol. The summed E-state index contributed by atoms with van der Waals surface area (Å²) in [6.45, 7) is 5.01. The van der Waals surface area contributed by atoms with E-state index in [-0.39, 0.29) is 11.3 Å². The summed E-state index contributed by atoms with van der Waals surface area (Å²) in [5.74, 6) is 0.187. The van der Waals surface area contributed by atoms with Gasteiger partial charge < -0.3 is 19.3 Å². The third-order valence-corrected chi connectivity index (χ3v) is 7.99. The summed E-state index contributed by atoms with van der Waals surface area (Å²) in [7, 11) is 1.58. The summed E-state index contributed by atoms with van der Waals surface area (Å²) in [6.07, 6.45) is 0. The van der Waals surface area contributed by atoms with E-state index in [4.69, 9.17) is 14.2 Å². The number of rotatable bonds is 5. The number of fused-ring (bicyclic) bond motifs is 2. The van der Waals surface area contributed by atoms with Crippen molar-refractivity contribution in [2.45, 2.75) is 25.8 Å². The molecule has 1 saturated heterocycles. The van der Waals surface area contributed by atoms with Gasteiger partial charge in [0.1, 0.15) is 24.7 Å². The topological polar surface area (TPSA) is 98.2 Å². The number of ketones is 1. The van der Waals surface area contributed by atoms with Crippen molar-refractivity contribution in [2.75, 3.05) is 25.2 Å². The molecule has 0 radical (unpaired) electrons. The number of hydrogen-bond acceptors (Lipinski definition) is 8. The molecule has 1 aromatic heterocycles. The van der Waals surface area contributed by atoms with Gasteiger partial charge in [0.2, 0.25) is 0 Å². The Balaban J connectivity index is 1.52. The number of ether oxygens (including phenoxy) is 3. The highest BCUT2D eigenvalue weighted by Crippen LogP contribution is 2.45. The molecule has 2 aliphatic heterocycles. The average molecular weight is 543 g/mol. The summed E-state index contributed by atoms with van der Waals surface area (Å²) in [5, 5.41) is 11.9. The molecule has 3 heterocycles. The van der Waals surface area contributed by atoms with Crippen LogP contribution in [0.4, 0.5) is 5.13 Å². The smallest absolute Gasteiger partial charge is 0.301 e. The summed E-state index contributed by atoms with van der Waals surface area (Å²) in [6, 6.07) is 17.3. The van der Waals surface area contributed by atoms with Gasteiger partial charge in [-0.2, -0.15) is 0 Å². The van der Waals surface area contributed by atoms with Gasteiger partial charge in [-0.15, -0.1) is 0 Å². The number of aromatic nitrogens is 1. The number of amides is 1. The van der Waals surface area contributed by atoms with E-state index in [0.29, 0.717) is 58.2 Å². The largest absolute Gasteiger partial charge is 0.507 e. The molecule has 1 amide bonds. The molecule has 8 nitrogen and oxygen atoms in total. The second kappa shape index (κ2) is 9.74. The third kappa shape index (κ3) is 4.28. The molecule has 198 valence electrons. The Labute approximate surface area is 229 Å².